The lowest BCUT2D eigenvalue weighted by atomic mass is 9.80. The Bertz CT molecular complexity index is 1330. The third-order valence-corrected chi connectivity index (χ3v) is 8.36. The third kappa shape index (κ3) is 4.27. The quantitative estimate of drug-likeness (QED) is 0.413. The largest absolute Gasteiger partial charge is 0.376 e. The average Bonchev–Trinajstić information content (AvgIpc) is 3.64. The van der Waals surface area contributed by atoms with Gasteiger partial charge < -0.3 is 20.5 Å². The van der Waals surface area contributed by atoms with Crippen molar-refractivity contribution in [1.82, 2.24) is 15.2 Å². The average molecular weight is 494 g/mol. The van der Waals surface area contributed by atoms with Crippen molar-refractivity contribution in [1.29, 1.82) is 0 Å². The molecule has 3 N–H and O–H groups in total. The summed E-state index contributed by atoms with van der Waals surface area (Å²) in [6.07, 6.45) is 6.46. The molecule has 188 valence electrons. The standard InChI is InChI=1S/C30H31N5O2/c1-31-20-14-12-19(13-15-20)29(36)34-25-10-5-3-8-22(25)30(37)35-18-16-23-27(26-11-6-17-32-26)33-24-9-4-2-7-21(24)28(23)35/h2,4,6-7,9,11-15,17,22-23,25,27-28,32-33H,3,5,8,10,16,18H2,(H,34,36)/t22-,23+,25+,27+,28-/m0/s1. The Morgan fingerprint density at radius 1 is 0.973 bits per heavy atom. The molecule has 2 aromatic carbocycles. The summed E-state index contributed by atoms with van der Waals surface area (Å²) in [6.45, 7) is 7.84. The number of H-pyrrole nitrogens is 1. The first-order valence-corrected chi connectivity index (χ1v) is 13.2. The van der Waals surface area contributed by atoms with E-state index in [1.165, 1.54) is 5.56 Å². The fourth-order valence-corrected chi connectivity index (χ4v) is 6.57. The topological polar surface area (TPSA) is 81.6 Å². The zero-order valence-electron chi connectivity index (χ0n) is 20.7. The molecule has 1 saturated carbocycles. The Morgan fingerprint density at radius 3 is 2.57 bits per heavy atom. The highest BCUT2D eigenvalue weighted by atomic mass is 16.2. The van der Waals surface area contributed by atoms with Gasteiger partial charge in [0.2, 0.25) is 5.91 Å². The minimum absolute atomic E-state index is 0.0118. The number of carbonyl (C=O) groups is 2. The van der Waals surface area contributed by atoms with E-state index in [2.05, 4.69) is 49.6 Å². The van der Waals surface area contributed by atoms with Crippen molar-refractivity contribution in [2.24, 2.45) is 11.8 Å². The Kier molecular flexibility index (Phi) is 6.17. The molecule has 0 unspecified atom stereocenters. The maximum absolute atomic E-state index is 14.2. The molecule has 0 bridgehead atoms. The van der Waals surface area contributed by atoms with Gasteiger partial charge in [0.1, 0.15) is 0 Å². The van der Waals surface area contributed by atoms with Gasteiger partial charge in [0, 0.05) is 41.6 Å². The van der Waals surface area contributed by atoms with E-state index in [-0.39, 0.29) is 41.8 Å². The second kappa shape index (κ2) is 9.78. The summed E-state index contributed by atoms with van der Waals surface area (Å²) >= 11 is 0. The van der Waals surface area contributed by atoms with Gasteiger partial charge in [-0.2, -0.15) is 0 Å². The first-order chi connectivity index (χ1) is 18.1. The van der Waals surface area contributed by atoms with Gasteiger partial charge in [-0.05, 0) is 43.0 Å². The number of nitrogens with one attached hydrogen (secondary N) is 3. The molecule has 7 heteroatoms. The lowest BCUT2D eigenvalue weighted by Gasteiger charge is -2.41. The molecule has 0 spiro atoms. The number of aromatic amines is 1. The molecule has 7 nitrogen and oxygen atoms in total. The number of fused-ring (bicyclic) bond motifs is 3. The van der Waals surface area contributed by atoms with Crippen LogP contribution in [-0.4, -0.2) is 34.3 Å². The predicted octanol–water partition coefficient (Wildman–Crippen LogP) is 5.61. The van der Waals surface area contributed by atoms with E-state index >= 15 is 0 Å². The summed E-state index contributed by atoms with van der Waals surface area (Å²) in [5.74, 6) is 0.0161. The molecule has 2 aliphatic heterocycles. The van der Waals surface area contributed by atoms with Gasteiger partial charge in [-0.3, -0.25) is 9.59 Å². The Hall–Kier alpha value is -4.05. The van der Waals surface area contributed by atoms with Gasteiger partial charge in [-0.15, -0.1) is 0 Å². The lowest BCUT2D eigenvalue weighted by Crippen LogP contribution is -2.50. The monoisotopic (exact) mass is 493 g/mol. The number of benzene rings is 2. The first kappa shape index (κ1) is 23.4. The predicted molar refractivity (Wildman–Crippen MR) is 142 cm³/mol. The number of anilines is 1. The number of para-hydroxylation sites is 1. The van der Waals surface area contributed by atoms with Crippen LogP contribution in [0.4, 0.5) is 11.4 Å². The second-order valence-electron chi connectivity index (χ2n) is 10.4. The van der Waals surface area contributed by atoms with Gasteiger partial charge in [0.15, 0.2) is 5.69 Å². The summed E-state index contributed by atoms with van der Waals surface area (Å²) in [6, 6.07) is 19.1. The fourth-order valence-electron chi connectivity index (χ4n) is 6.57. The summed E-state index contributed by atoms with van der Waals surface area (Å²) in [5, 5.41) is 6.89. The van der Waals surface area contributed by atoms with Crippen molar-refractivity contribution in [2.75, 3.05) is 11.9 Å². The Balaban J connectivity index is 1.25. The maximum atomic E-state index is 14.2. The van der Waals surface area contributed by atoms with Crippen LogP contribution < -0.4 is 10.6 Å². The van der Waals surface area contributed by atoms with Crippen LogP contribution in [0.25, 0.3) is 4.85 Å². The minimum atomic E-state index is -0.232. The molecule has 37 heavy (non-hydrogen) atoms. The van der Waals surface area contributed by atoms with E-state index < -0.39 is 0 Å². The second-order valence-corrected chi connectivity index (χ2v) is 10.4. The molecule has 2 amide bonds. The fraction of sp³-hybridized carbons (Fsp3) is 0.367. The molecule has 3 aliphatic rings. The SMILES string of the molecule is [C-]#[N+]c1ccc(C(=O)N[C@@H]2CCCC[C@@H]2C(=O)N2CC[C@@H]3[C@H](c4ccc[nH]4)Nc4ccccc4[C@@H]32)cc1. The zero-order valence-corrected chi connectivity index (χ0v) is 20.7. The van der Waals surface area contributed by atoms with E-state index in [1.807, 2.05) is 18.3 Å². The van der Waals surface area contributed by atoms with Crippen LogP contribution in [0.15, 0.2) is 66.9 Å². The number of rotatable bonds is 4. The molecule has 1 aromatic heterocycles. The Labute approximate surface area is 217 Å². The van der Waals surface area contributed by atoms with Crippen LogP contribution in [0.3, 0.4) is 0 Å². The van der Waals surface area contributed by atoms with Gasteiger partial charge >= 0.3 is 0 Å². The van der Waals surface area contributed by atoms with Crippen molar-refractivity contribution in [3.63, 3.8) is 0 Å². The van der Waals surface area contributed by atoms with Gasteiger partial charge in [0.25, 0.3) is 5.91 Å². The van der Waals surface area contributed by atoms with Crippen molar-refractivity contribution in [2.45, 2.75) is 50.2 Å². The molecule has 1 aliphatic carbocycles. The number of hydrogen-bond donors (Lipinski definition) is 3. The van der Waals surface area contributed by atoms with Crippen molar-refractivity contribution < 1.29 is 9.59 Å². The van der Waals surface area contributed by atoms with Gasteiger partial charge in [0.05, 0.1) is 24.6 Å². The third-order valence-electron chi connectivity index (χ3n) is 8.36. The molecule has 3 aromatic rings. The molecule has 3 heterocycles. The number of aromatic nitrogens is 1. The summed E-state index contributed by atoms with van der Waals surface area (Å²) in [4.78, 5) is 36.1. The van der Waals surface area contributed by atoms with Crippen LogP contribution in [0.2, 0.25) is 0 Å². The highest BCUT2D eigenvalue weighted by molar-refractivity contribution is 5.95. The van der Waals surface area contributed by atoms with E-state index in [9.17, 15) is 9.59 Å². The first-order valence-electron chi connectivity index (χ1n) is 13.2. The summed E-state index contributed by atoms with van der Waals surface area (Å²) in [5.41, 5.74) is 4.43. The molecule has 5 atom stereocenters. The normalized spacial score (nSPS) is 26.4. The Morgan fingerprint density at radius 2 is 1.78 bits per heavy atom. The molecule has 0 radical (unpaired) electrons. The number of hydrogen-bond acceptors (Lipinski definition) is 3. The maximum Gasteiger partial charge on any atom is 0.251 e. The van der Waals surface area contributed by atoms with E-state index in [0.29, 0.717) is 11.3 Å². The molecule has 1 saturated heterocycles. The molecule has 6 rings (SSSR count). The van der Waals surface area contributed by atoms with E-state index in [1.54, 1.807) is 24.3 Å². The smallest absolute Gasteiger partial charge is 0.251 e. The van der Waals surface area contributed by atoms with Crippen LogP contribution in [0.1, 0.15) is 65.8 Å². The molecular formula is C30H31N5O2. The highest BCUT2D eigenvalue weighted by Crippen LogP contribution is 2.51. The van der Waals surface area contributed by atoms with Crippen LogP contribution in [-0.2, 0) is 4.79 Å². The molecular weight excluding hydrogens is 462 g/mol. The van der Waals surface area contributed by atoms with Crippen LogP contribution in [0, 0.1) is 18.4 Å². The summed E-state index contributed by atoms with van der Waals surface area (Å²) in [7, 11) is 0. The van der Waals surface area contributed by atoms with E-state index in [4.69, 9.17) is 6.57 Å². The molecule has 2 fully saturated rings. The van der Waals surface area contributed by atoms with Crippen molar-refractivity contribution in [3.8, 4) is 0 Å². The van der Waals surface area contributed by atoms with E-state index in [0.717, 1.165) is 50.0 Å². The number of likely N-dealkylation sites (tertiary alicyclic amines) is 1. The van der Waals surface area contributed by atoms with Crippen LogP contribution >= 0.6 is 0 Å². The zero-order chi connectivity index (χ0) is 25.4. The van der Waals surface area contributed by atoms with Gasteiger partial charge in [-0.1, -0.05) is 55.3 Å². The lowest BCUT2D eigenvalue weighted by molar-refractivity contribution is -0.138. The minimum Gasteiger partial charge on any atom is -0.376 e. The number of carbonyl (C=O) groups excluding carboxylic acids is 2. The summed E-state index contributed by atoms with van der Waals surface area (Å²) < 4.78 is 0. The number of amides is 2. The van der Waals surface area contributed by atoms with Crippen LogP contribution in [0.5, 0.6) is 0 Å². The number of nitrogens with zero attached hydrogens (tertiary/aromatic N) is 2. The van der Waals surface area contributed by atoms with Crippen molar-refractivity contribution in [3.05, 3.63) is 95.1 Å². The van der Waals surface area contributed by atoms with Gasteiger partial charge in [-0.25, -0.2) is 4.85 Å². The highest BCUT2D eigenvalue weighted by Gasteiger charge is 2.48. The van der Waals surface area contributed by atoms with Crippen molar-refractivity contribution >= 4 is 23.2 Å².